The minimum absolute atomic E-state index is 0.0345. The van der Waals surface area contributed by atoms with Gasteiger partial charge in [-0.2, -0.15) is 0 Å². The first kappa shape index (κ1) is 16.0. The van der Waals surface area contributed by atoms with Crippen molar-refractivity contribution in [3.05, 3.63) is 29.6 Å². The first-order valence-electron chi connectivity index (χ1n) is 5.77. The predicted octanol–water partition coefficient (Wildman–Crippen LogP) is 0.896. The summed E-state index contributed by atoms with van der Waals surface area (Å²) in [5.74, 6) is -5.75. The van der Waals surface area contributed by atoms with Gasteiger partial charge in [-0.25, -0.2) is 13.2 Å². The molecular weight excluding hydrogens is 275 g/mol. The molecule has 0 radical (unpaired) electrons. The van der Waals surface area contributed by atoms with Crippen LogP contribution in [0.1, 0.15) is 13.3 Å². The van der Waals surface area contributed by atoms with Gasteiger partial charge in [0.05, 0.1) is 12.2 Å². The molecule has 110 valence electrons. The number of rotatable bonds is 5. The molecule has 5 nitrogen and oxygen atoms in total. The number of halogens is 3. The summed E-state index contributed by atoms with van der Waals surface area (Å²) in [6.45, 7) is 1.19. The minimum Gasteiger partial charge on any atom is -0.347 e. The fourth-order valence-corrected chi connectivity index (χ4v) is 1.36. The first-order chi connectivity index (χ1) is 9.31. The Balaban J connectivity index is 2.55. The second kappa shape index (κ2) is 6.90. The van der Waals surface area contributed by atoms with Crippen LogP contribution in [0.15, 0.2) is 12.1 Å². The monoisotopic (exact) mass is 289 g/mol. The van der Waals surface area contributed by atoms with Gasteiger partial charge in [-0.05, 0) is 19.1 Å². The molecule has 0 aliphatic heterocycles. The van der Waals surface area contributed by atoms with E-state index in [-0.39, 0.29) is 12.5 Å². The molecule has 0 heterocycles. The summed E-state index contributed by atoms with van der Waals surface area (Å²) < 4.78 is 38.9. The average molecular weight is 289 g/mol. The number of hydrogen-bond acceptors (Lipinski definition) is 3. The Morgan fingerprint density at radius 3 is 2.45 bits per heavy atom. The van der Waals surface area contributed by atoms with Crippen molar-refractivity contribution < 1.29 is 22.8 Å². The van der Waals surface area contributed by atoms with Crippen molar-refractivity contribution in [2.24, 2.45) is 5.73 Å². The quantitative estimate of drug-likeness (QED) is 0.704. The van der Waals surface area contributed by atoms with Crippen LogP contribution in [0, 0.1) is 17.5 Å². The Morgan fingerprint density at radius 1 is 1.20 bits per heavy atom. The molecule has 0 saturated carbocycles. The number of benzene rings is 1. The standard InChI is InChI=1S/C12H14F3N3O2/c1-6(16)4-9(19)17-5-10(20)18-8-3-2-7(13)11(14)12(8)15/h2-3,6H,4-5,16H2,1H3,(H,17,19)(H,18,20). The van der Waals surface area contributed by atoms with Crippen LogP contribution < -0.4 is 16.4 Å². The van der Waals surface area contributed by atoms with Crippen LogP contribution in [-0.4, -0.2) is 24.4 Å². The van der Waals surface area contributed by atoms with Crippen molar-refractivity contribution in [3.63, 3.8) is 0 Å². The van der Waals surface area contributed by atoms with Crippen molar-refractivity contribution in [1.29, 1.82) is 0 Å². The molecule has 1 aromatic carbocycles. The summed E-state index contributed by atoms with van der Waals surface area (Å²) >= 11 is 0. The third-order valence-electron chi connectivity index (χ3n) is 2.26. The zero-order valence-corrected chi connectivity index (χ0v) is 10.7. The molecule has 1 atom stereocenters. The molecule has 0 aromatic heterocycles. The smallest absolute Gasteiger partial charge is 0.243 e. The molecule has 0 aliphatic carbocycles. The normalized spacial score (nSPS) is 11.8. The molecule has 0 fully saturated rings. The fourth-order valence-electron chi connectivity index (χ4n) is 1.36. The third kappa shape index (κ3) is 4.54. The highest BCUT2D eigenvalue weighted by molar-refractivity contribution is 5.94. The maximum Gasteiger partial charge on any atom is 0.243 e. The van der Waals surface area contributed by atoms with Crippen molar-refractivity contribution in [2.45, 2.75) is 19.4 Å². The number of nitrogens with two attached hydrogens (primary N) is 1. The predicted molar refractivity (Wildman–Crippen MR) is 66.2 cm³/mol. The Labute approximate surface area is 113 Å². The summed E-state index contributed by atoms with van der Waals surface area (Å²) in [6, 6.07) is 1.21. The maximum atomic E-state index is 13.3. The van der Waals surface area contributed by atoms with Gasteiger partial charge in [0, 0.05) is 12.5 Å². The molecule has 1 unspecified atom stereocenters. The fraction of sp³-hybridized carbons (Fsp3) is 0.333. The van der Waals surface area contributed by atoms with Crippen LogP contribution in [0.5, 0.6) is 0 Å². The second-order valence-electron chi connectivity index (χ2n) is 4.23. The summed E-state index contributed by atoms with van der Waals surface area (Å²) in [4.78, 5) is 22.6. The molecule has 0 bridgehead atoms. The molecule has 8 heteroatoms. The molecule has 20 heavy (non-hydrogen) atoms. The van der Waals surface area contributed by atoms with Crippen LogP contribution in [0.4, 0.5) is 18.9 Å². The topological polar surface area (TPSA) is 84.2 Å². The largest absolute Gasteiger partial charge is 0.347 e. The van der Waals surface area contributed by atoms with Gasteiger partial charge in [0.1, 0.15) is 0 Å². The Bertz CT molecular complexity index is 521. The molecule has 2 amide bonds. The number of carbonyl (C=O) groups is 2. The van der Waals surface area contributed by atoms with Crippen LogP contribution >= 0.6 is 0 Å². The van der Waals surface area contributed by atoms with E-state index >= 15 is 0 Å². The van der Waals surface area contributed by atoms with E-state index in [1.807, 2.05) is 5.32 Å². The first-order valence-corrected chi connectivity index (χ1v) is 5.77. The number of carbonyl (C=O) groups excluding carboxylic acids is 2. The maximum absolute atomic E-state index is 13.3. The van der Waals surface area contributed by atoms with Crippen molar-refractivity contribution in [2.75, 3.05) is 11.9 Å². The minimum atomic E-state index is -1.68. The third-order valence-corrected chi connectivity index (χ3v) is 2.26. The Kier molecular flexibility index (Phi) is 5.51. The molecule has 4 N–H and O–H groups in total. The lowest BCUT2D eigenvalue weighted by molar-refractivity contribution is -0.124. The summed E-state index contributed by atoms with van der Waals surface area (Å²) in [5, 5.41) is 4.28. The van der Waals surface area contributed by atoms with E-state index < -0.39 is 41.5 Å². The molecule has 1 rings (SSSR count). The van der Waals surface area contributed by atoms with E-state index in [1.165, 1.54) is 0 Å². The SMILES string of the molecule is CC(N)CC(=O)NCC(=O)Nc1ccc(F)c(F)c1F. The number of amides is 2. The molecule has 0 spiro atoms. The van der Waals surface area contributed by atoms with E-state index in [0.29, 0.717) is 6.07 Å². The zero-order valence-electron chi connectivity index (χ0n) is 10.7. The van der Waals surface area contributed by atoms with Crippen LogP contribution in [0.2, 0.25) is 0 Å². The van der Waals surface area contributed by atoms with Crippen LogP contribution in [0.25, 0.3) is 0 Å². The van der Waals surface area contributed by atoms with Crippen LogP contribution in [-0.2, 0) is 9.59 Å². The van der Waals surface area contributed by atoms with E-state index in [0.717, 1.165) is 6.07 Å². The van der Waals surface area contributed by atoms with Gasteiger partial charge in [-0.15, -0.1) is 0 Å². The van der Waals surface area contributed by atoms with E-state index in [1.54, 1.807) is 6.92 Å². The van der Waals surface area contributed by atoms with Gasteiger partial charge < -0.3 is 16.4 Å². The highest BCUT2D eigenvalue weighted by Gasteiger charge is 2.15. The Morgan fingerprint density at radius 2 is 1.85 bits per heavy atom. The average Bonchev–Trinajstić information content (AvgIpc) is 2.36. The van der Waals surface area contributed by atoms with Gasteiger partial charge in [0.15, 0.2) is 17.5 Å². The molecule has 0 saturated heterocycles. The van der Waals surface area contributed by atoms with Gasteiger partial charge in [-0.3, -0.25) is 9.59 Å². The van der Waals surface area contributed by atoms with Gasteiger partial charge >= 0.3 is 0 Å². The second-order valence-corrected chi connectivity index (χ2v) is 4.23. The van der Waals surface area contributed by atoms with E-state index in [4.69, 9.17) is 5.73 Å². The van der Waals surface area contributed by atoms with E-state index in [9.17, 15) is 22.8 Å². The number of hydrogen-bond donors (Lipinski definition) is 3. The molecular formula is C12H14F3N3O2. The van der Waals surface area contributed by atoms with Crippen LogP contribution in [0.3, 0.4) is 0 Å². The van der Waals surface area contributed by atoms with E-state index in [2.05, 4.69) is 5.32 Å². The summed E-state index contributed by atoms with van der Waals surface area (Å²) in [7, 11) is 0. The van der Waals surface area contributed by atoms with Crippen molar-refractivity contribution in [3.8, 4) is 0 Å². The molecule has 0 aliphatic rings. The lowest BCUT2D eigenvalue weighted by atomic mass is 10.2. The highest BCUT2D eigenvalue weighted by Crippen LogP contribution is 2.19. The molecule has 1 aromatic rings. The number of anilines is 1. The summed E-state index contributed by atoms with van der Waals surface area (Å²) in [5.41, 5.74) is 4.88. The number of nitrogens with one attached hydrogen (secondary N) is 2. The lowest BCUT2D eigenvalue weighted by Gasteiger charge is -2.09. The Hall–Kier alpha value is -2.09. The van der Waals surface area contributed by atoms with Crippen molar-refractivity contribution >= 4 is 17.5 Å². The highest BCUT2D eigenvalue weighted by atomic mass is 19.2. The van der Waals surface area contributed by atoms with Crippen molar-refractivity contribution in [1.82, 2.24) is 5.32 Å². The van der Waals surface area contributed by atoms with Gasteiger partial charge in [0.2, 0.25) is 11.8 Å². The van der Waals surface area contributed by atoms with Gasteiger partial charge in [0.25, 0.3) is 0 Å². The lowest BCUT2D eigenvalue weighted by Crippen LogP contribution is -2.35. The van der Waals surface area contributed by atoms with Gasteiger partial charge in [-0.1, -0.05) is 0 Å². The summed E-state index contributed by atoms with van der Waals surface area (Å²) in [6.07, 6.45) is 0.0345. The zero-order chi connectivity index (χ0) is 15.3.